The number of nitrogens with two attached hydrogens (primary N) is 1. The van der Waals surface area contributed by atoms with Gasteiger partial charge in [0.1, 0.15) is 17.8 Å². The molecule has 17 unspecified atom stereocenters. The number of carbonyl (C=O) groups is 2. The second-order valence-electron chi connectivity index (χ2n) is 15.5. The number of methoxy groups -OCH3 is 1. The maximum absolute atomic E-state index is 14.0. The first kappa shape index (κ1) is 41.2. The quantitative estimate of drug-likeness (QED) is 0.255. The molecular weight excluding hydrogens is 626 g/mol. The van der Waals surface area contributed by atoms with Gasteiger partial charge in [-0.2, -0.15) is 0 Å². The Bertz CT molecular complexity index is 1090. The molecule has 0 aromatic heterocycles. The molecule has 17 atom stereocenters. The van der Waals surface area contributed by atoms with Gasteiger partial charge in [-0.15, -0.1) is 0 Å². The first-order valence-electron chi connectivity index (χ1n) is 17.6. The third-order valence-corrected chi connectivity index (χ3v) is 11.3. The minimum atomic E-state index is -1.85. The van der Waals surface area contributed by atoms with Crippen molar-refractivity contribution in [3.8, 4) is 0 Å². The SMILES string of the molecule is CCC1OC(=O)C(C)C(OC2CC(C)(OC)C(O)C(C)O2)C(C)C(OC2OC(C)CCC2=O)C(C)(O)CC(C)C(N)C(C)C(O)C1(C)O. The van der Waals surface area contributed by atoms with Crippen LogP contribution in [0.4, 0.5) is 0 Å². The van der Waals surface area contributed by atoms with E-state index in [0.29, 0.717) is 6.42 Å². The van der Waals surface area contributed by atoms with Gasteiger partial charge in [0.15, 0.2) is 12.1 Å². The third-order valence-electron chi connectivity index (χ3n) is 11.3. The zero-order valence-corrected chi connectivity index (χ0v) is 30.8. The standard InChI is InChI=1S/C35H63NO12/c1-12-24-35(10,42)28(38)19(4)26(36)17(2)15-33(8,41)30(48-32-23(37)14-13-18(3)44-32)20(5)27(21(6)31(40)46-24)47-25-16-34(9,43-11)29(39)22(7)45-25/h17-22,24-30,32,38-39,41-42H,12-16,36H2,1-11H3. The van der Waals surface area contributed by atoms with Gasteiger partial charge >= 0.3 is 5.97 Å². The molecule has 48 heavy (non-hydrogen) atoms. The number of rotatable bonds is 6. The van der Waals surface area contributed by atoms with Gasteiger partial charge in [0.05, 0.1) is 47.6 Å². The molecule has 0 aromatic carbocycles. The number of Topliss-reactive ketones (excluding diaryl/α,β-unsaturated/α-hetero) is 1. The third kappa shape index (κ3) is 8.78. The lowest BCUT2D eigenvalue weighted by Gasteiger charge is -2.48. The lowest BCUT2D eigenvalue weighted by atomic mass is 9.72. The molecule has 3 fully saturated rings. The van der Waals surface area contributed by atoms with E-state index in [4.69, 9.17) is 34.2 Å². The number of ketones is 1. The summed E-state index contributed by atoms with van der Waals surface area (Å²) in [6.07, 6.45) is -7.54. The van der Waals surface area contributed by atoms with Gasteiger partial charge in [-0.25, -0.2) is 0 Å². The van der Waals surface area contributed by atoms with Crippen LogP contribution < -0.4 is 5.73 Å². The van der Waals surface area contributed by atoms with E-state index in [2.05, 4.69) is 0 Å². The summed E-state index contributed by atoms with van der Waals surface area (Å²) in [7, 11) is 1.49. The van der Waals surface area contributed by atoms with Crippen molar-refractivity contribution >= 4 is 11.8 Å². The second-order valence-corrected chi connectivity index (χ2v) is 15.5. The van der Waals surface area contributed by atoms with E-state index in [-0.39, 0.29) is 37.6 Å². The molecule has 0 bridgehead atoms. The van der Waals surface area contributed by atoms with Crippen LogP contribution in [0.25, 0.3) is 0 Å². The summed E-state index contributed by atoms with van der Waals surface area (Å²) < 4.78 is 36.6. The highest BCUT2D eigenvalue weighted by molar-refractivity contribution is 5.82. The lowest BCUT2D eigenvalue weighted by Crippen LogP contribution is -2.61. The van der Waals surface area contributed by atoms with Gasteiger partial charge in [0.2, 0.25) is 6.29 Å². The first-order valence-corrected chi connectivity index (χ1v) is 17.6. The molecule has 280 valence electrons. The van der Waals surface area contributed by atoms with Crippen molar-refractivity contribution < 1.29 is 58.4 Å². The van der Waals surface area contributed by atoms with E-state index in [1.165, 1.54) is 14.0 Å². The van der Waals surface area contributed by atoms with Gasteiger partial charge in [-0.1, -0.05) is 27.7 Å². The number of hydrogen-bond donors (Lipinski definition) is 5. The topological polar surface area (TPSA) is 196 Å². The summed E-state index contributed by atoms with van der Waals surface area (Å²) >= 11 is 0. The van der Waals surface area contributed by atoms with Crippen LogP contribution in [0.5, 0.6) is 0 Å². The Labute approximate surface area is 286 Å². The molecule has 0 spiro atoms. The number of esters is 1. The fourth-order valence-corrected chi connectivity index (χ4v) is 7.89. The predicted octanol–water partition coefficient (Wildman–Crippen LogP) is 2.21. The zero-order chi connectivity index (χ0) is 36.5. The lowest BCUT2D eigenvalue weighted by molar-refractivity contribution is -0.305. The minimum Gasteiger partial charge on any atom is -0.459 e. The highest BCUT2D eigenvalue weighted by Crippen LogP contribution is 2.40. The van der Waals surface area contributed by atoms with Gasteiger partial charge < -0.3 is 54.6 Å². The van der Waals surface area contributed by atoms with Gasteiger partial charge in [0, 0.05) is 37.8 Å². The van der Waals surface area contributed by atoms with Gasteiger partial charge in [-0.3, -0.25) is 9.59 Å². The largest absolute Gasteiger partial charge is 0.459 e. The normalized spacial score (nSPS) is 50.4. The number of aliphatic hydroxyl groups is 4. The van der Waals surface area contributed by atoms with E-state index in [0.717, 1.165) is 0 Å². The molecule has 3 aliphatic heterocycles. The summed E-state index contributed by atoms with van der Waals surface area (Å²) in [5.41, 5.74) is 2.14. The molecule has 3 rings (SSSR count). The maximum atomic E-state index is 14.0. The molecular formula is C35H63NO12. The zero-order valence-electron chi connectivity index (χ0n) is 30.8. The average molecular weight is 690 g/mol. The molecule has 3 aliphatic rings. The molecule has 0 saturated carbocycles. The molecule has 6 N–H and O–H groups in total. The number of cyclic esters (lactones) is 1. The highest BCUT2D eigenvalue weighted by Gasteiger charge is 2.52. The van der Waals surface area contributed by atoms with Crippen LogP contribution in [-0.4, -0.2) is 117 Å². The van der Waals surface area contributed by atoms with Crippen LogP contribution >= 0.6 is 0 Å². The monoisotopic (exact) mass is 689 g/mol. The smallest absolute Gasteiger partial charge is 0.311 e. The van der Waals surface area contributed by atoms with E-state index in [1.54, 1.807) is 48.5 Å². The van der Waals surface area contributed by atoms with Crippen LogP contribution in [0.3, 0.4) is 0 Å². The van der Waals surface area contributed by atoms with Crippen molar-refractivity contribution in [1.82, 2.24) is 0 Å². The van der Waals surface area contributed by atoms with Crippen molar-refractivity contribution in [2.24, 2.45) is 29.4 Å². The van der Waals surface area contributed by atoms with Crippen molar-refractivity contribution in [2.45, 2.75) is 179 Å². The fourth-order valence-electron chi connectivity index (χ4n) is 7.89. The Hall–Kier alpha value is -1.26. The Kier molecular flexibility index (Phi) is 13.7. The van der Waals surface area contributed by atoms with Crippen LogP contribution in [0.2, 0.25) is 0 Å². The molecule has 13 nitrogen and oxygen atoms in total. The number of carbonyl (C=O) groups excluding carboxylic acids is 2. The fraction of sp³-hybridized carbons (Fsp3) is 0.943. The Morgan fingerprint density at radius 1 is 0.917 bits per heavy atom. The average Bonchev–Trinajstić information content (AvgIpc) is 3.02. The van der Waals surface area contributed by atoms with Crippen molar-refractivity contribution in [3.05, 3.63) is 0 Å². The molecule has 13 heteroatoms. The summed E-state index contributed by atoms with van der Waals surface area (Å²) in [5, 5.41) is 46.1. The number of aliphatic hydroxyl groups excluding tert-OH is 2. The van der Waals surface area contributed by atoms with Crippen molar-refractivity contribution in [1.29, 1.82) is 0 Å². The number of hydrogen-bond acceptors (Lipinski definition) is 13. The van der Waals surface area contributed by atoms with E-state index < -0.39 is 102 Å². The van der Waals surface area contributed by atoms with E-state index >= 15 is 0 Å². The Morgan fingerprint density at radius 2 is 1.54 bits per heavy atom. The minimum absolute atomic E-state index is 0.0759. The highest BCUT2D eigenvalue weighted by atomic mass is 16.7. The van der Waals surface area contributed by atoms with Gasteiger partial charge in [-0.05, 0) is 66.7 Å². The molecule has 0 amide bonds. The van der Waals surface area contributed by atoms with Crippen LogP contribution in [0.1, 0.15) is 101 Å². The molecule has 0 aliphatic carbocycles. The maximum Gasteiger partial charge on any atom is 0.311 e. The van der Waals surface area contributed by atoms with Crippen LogP contribution in [-0.2, 0) is 38.0 Å². The van der Waals surface area contributed by atoms with E-state index in [9.17, 15) is 30.0 Å². The Balaban J connectivity index is 2.15. The van der Waals surface area contributed by atoms with Crippen LogP contribution in [0.15, 0.2) is 0 Å². The number of ether oxygens (including phenoxy) is 6. The Morgan fingerprint density at radius 3 is 2.12 bits per heavy atom. The van der Waals surface area contributed by atoms with Crippen LogP contribution in [0, 0.1) is 23.7 Å². The molecule has 0 aromatic rings. The molecule has 0 radical (unpaired) electrons. The predicted molar refractivity (Wildman–Crippen MR) is 175 cm³/mol. The summed E-state index contributed by atoms with van der Waals surface area (Å²) in [6, 6.07) is -0.695. The summed E-state index contributed by atoms with van der Waals surface area (Å²) in [5.74, 6) is -3.86. The van der Waals surface area contributed by atoms with E-state index in [1.807, 2.05) is 13.8 Å². The molecule has 3 saturated heterocycles. The van der Waals surface area contributed by atoms with Crippen molar-refractivity contribution in [2.75, 3.05) is 7.11 Å². The van der Waals surface area contributed by atoms with Gasteiger partial charge in [0.25, 0.3) is 0 Å². The van der Waals surface area contributed by atoms with Crippen molar-refractivity contribution in [3.63, 3.8) is 0 Å². The summed E-state index contributed by atoms with van der Waals surface area (Å²) in [4.78, 5) is 27.0. The first-order chi connectivity index (χ1) is 22.1. The molecule has 3 heterocycles. The summed E-state index contributed by atoms with van der Waals surface area (Å²) in [6.45, 7) is 17.0. The second kappa shape index (κ2) is 16.0.